The van der Waals surface area contributed by atoms with Crippen LogP contribution in [0.2, 0.25) is 0 Å². The summed E-state index contributed by atoms with van der Waals surface area (Å²) < 4.78 is 43.0. The Hall–Kier alpha value is -2.88. The number of alkyl halides is 3. The van der Waals surface area contributed by atoms with E-state index in [2.05, 4.69) is 36.5 Å². The molecule has 208 valence electrons. The molecule has 1 aromatic carbocycles. The lowest BCUT2D eigenvalue weighted by Gasteiger charge is -2.36. The van der Waals surface area contributed by atoms with Crippen LogP contribution < -0.4 is 16.4 Å². The van der Waals surface area contributed by atoms with Crippen molar-refractivity contribution in [1.29, 1.82) is 0 Å². The minimum absolute atomic E-state index is 0.0113. The standard InChI is InChI=1S/C28H38F3N5O2/c1-26(2,3)15-33-18-8-6-7-9-19(18)34-20-12-16(10-11-17(20)25(32)38)36-21-13-27(4,5)14-22(37)23(21)24(35-36)28(29,30)31/h10-12,18-19,33-34H,6-9,13-15H2,1-5H3,(H2,32,38)/t18-,19-/m0/s1. The van der Waals surface area contributed by atoms with Crippen molar-refractivity contribution < 1.29 is 22.8 Å². The predicted molar refractivity (Wildman–Crippen MR) is 141 cm³/mol. The smallest absolute Gasteiger partial charge is 0.380 e. The van der Waals surface area contributed by atoms with Gasteiger partial charge in [-0.1, -0.05) is 47.5 Å². The highest BCUT2D eigenvalue weighted by Gasteiger charge is 2.45. The van der Waals surface area contributed by atoms with Crippen LogP contribution in [0.4, 0.5) is 18.9 Å². The minimum Gasteiger partial charge on any atom is -0.380 e. The van der Waals surface area contributed by atoms with Crippen LogP contribution in [0.15, 0.2) is 18.2 Å². The van der Waals surface area contributed by atoms with Crippen molar-refractivity contribution in [1.82, 2.24) is 15.1 Å². The Bertz CT molecular complexity index is 1230. The van der Waals surface area contributed by atoms with Crippen LogP contribution >= 0.6 is 0 Å². The zero-order valence-electron chi connectivity index (χ0n) is 22.8. The Labute approximate surface area is 221 Å². The molecule has 1 amide bonds. The summed E-state index contributed by atoms with van der Waals surface area (Å²) in [5.74, 6) is -1.19. The average Bonchev–Trinajstić information content (AvgIpc) is 3.17. The van der Waals surface area contributed by atoms with Crippen LogP contribution in [0.1, 0.15) is 98.8 Å². The number of hydrogen-bond acceptors (Lipinski definition) is 5. The van der Waals surface area contributed by atoms with E-state index in [0.717, 1.165) is 32.2 Å². The van der Waals surface area contributed by atoms with Gasteiger partial charge < -0.3 is 16.4 Å². The Kier molecular flexibility index (Phi) is 7.42. The molecule has 10 heteroatoms. The van der Waals surface area contributed by atoms with Crippen LogP contribution in [-0.2, 0) is 12.6 Å². The second kappa shape index (κ2) is 10.0. The average molecular weight is 534 g/mol. The molecule has 1 aromatic heterocycles. The van der Waals surface area contributed by atoms with Crippen LogP contribution in [0.3, 0.4) is 0 Å². The van der Waals surface area contributed by atoms with Gasteiger partial charge in [0.05, 0.1) is 22.5 Å². The number of hydrogen-bond donors (Lipinski definition) is 3. The zero-order valence-corrected chi connectivity index (χ0v) is 22.8. The summed E-state index contributed by atoms with van der Waals surface area (Å²) in [5, 5.41) is 11.0. The molecule has 2 aliphatic carbocycles. The van der Waals surface area contributed by atoms with Crippen molar-refractivity contribution in [2.75, 3.05) is 11.9 Å². The van der Waals surface area contributed by atoms with Gasteiger partial charge in [0.2, 0.25) is 0 Å². The summed E-state index contributed by atoms with van der Waals surface area (Å²) in [4.78, 5) is 25.1. The molecule has 1 heterocycles. The number of carbonyl (C=O) groups is 2. The number of nitrogens with zero attached hydrogens (tertiary/aromatic N) is 2. The lowest BCUT2D eigenvalue weighted by molar-refractivity contribution is -0.141. The second-order valence-electron chi connectivity index (χ2n) is 12.7. The van der Waals surface area contributed by atoms with Crippen molar-refractivity contribution >= 4 is 17.4 Å². The Morgan fingerprint density at radius 3 is 2.39 bits per heavy atom. The number of nitrogens with one attached hydrogen (secondary N) is 2. The molecule has 0 saturated heterocycles. The number of benzene rings is 1. The van der Waals surface area contributed by atoms with Gasteiger partial charge in [0, 0.05) is 30.7 Å². The van der Waals surface area contributed by atoms with E-state index in [0.29, 0.717) is 11.4 Å². The molecule has 0 bridgehead atoms. The number of primary amides is 1. The Balaban J connectivity index is 1.76. The highest BCUT2D eigenvalue weighted by Crippen LogP contribution is 2.42. The summed E-state index contributed by atoms with van der Waals surface area (Å²) in [6, 6.07) is 4.84. The largest absolute Gasteiger partial charge is 0.435 e. The van der Waals surface area contributed by atoms with E-state index >= 15 is 0 Å². The van der Waals surface area contributed by atoms with Crippen LogP contribution in [-0.4, -0.2) is 40.1 Å². The fourth-order valence-electron chi connectivity index (χ4n) is 5.54. The fraction of sp³-hybridized carbons (Fsp3) is 0.607. The summed E-state index contributed by atoms with van der Waals surface area (Å²) in [7, 11) is 0. The van der Waals surface area contributed by atoms with E-state index < -0.39 is 29.0 Å². The summed E-state index contributed by atoms with van der Waals surface area (Å²) in [6.07, 6.45) is -0.525. The van der Waals surface area contributed by atoms with Gasteiger partial charge in [-0.2, -0.15) is 18.3 Å². The highest BCUT2D eigenvalue weighted by atomic mass is 19.4. The summed E-state index contributed by atoms with van der Waals surface area (Å²) in [6.45, 7) is 11.0. The fourth-order valence-corrected chi connectivity index (χ4v) is 5.54. The molecular weight excluding hydrogens is 495 g/mol. The van der Waals surface area contributed by atoms with Gasteiger partial charge in [-0.3, -0.25) is 9.59 Å². The first-order chi connectivity index (χ1) is 17.6. The maximum Gasteiger partial charge on any atom is 0.435 e. The minimum atomic E-state index is -4.77. The lowest BCUT2D eigenvalue weighted by Crippen LogP contribution is -2.48. The summed E-state index contributed by atoms with van der Waals surface area (Å²) >= 11 is 0. The topological polar surface area (TPSA) is 102 Å². The third-order valence-corrected chi connectivity index (χ3v) is 7.33. The van der Waals surface area contributed by atoms with E-state index in [1.807, 2.05) is 13.8 Å². The number of anilines is 1. The monoisotopic (exact) mass is 533 g/mol. The van der Waals surface area contributed by atoms with Gasteiger partial charge in [-0.15, -0.1) is 0 Å². The van der Waals surface area contributed by atoms with E-state index in [4.69, 9.17) is 5.73 Å². The van der Waals surface area contributed by atoms with Gasteiger partial charge >= 0.3 is 6.18 Å². The number of halogens is 3. The first-order valence-electron chi connectivity index (χ1n) is 13.2. The molecule has 0 spiro atoms. The lowest BCUT2D eigenvalue weighted by atomic mass is 9.75. The van der Waals surface area contributed by atoms with Gasteiger partial charge in [-0.25, -0.2) is 4.68 Å². The van der Waals surface area contributed by atoms with Crippen molar-refractivity contribution in [2.45, 2.75) is 91.4 Å². The third-order valence-electron chi connectivity index (χ3n) is 7.33. The molecule has 0 unspecified atom stereocenters. The Morgan fingerprint density at radius 1 is 1.13 bits per heavy atom. The second-order valence-corrected chi connectivity index (χ2v) is 12.7. The number of rotatable bonds is 6. The van der Waals surface area contributed by atoms with E-state index in [1.165, 1.54) is 16.8 Å². The predicted octanol–water partition coefficient (Wildman–Crippen LogP) is 5.50. The van der Waals surface area contributed by atoms with Gasteiger partial charge in [0.15, 0.2) is 11.5 Å². The SMILES string of the molecule is CC(C)(C)CN[C@H]1CCCC[C@@H]1Nc1cc(-n2nc(C(F)(F)F)c3c2CC(C)(C)CC3=O)ccc1C(N)=O. The molecule has 4 N–H and O–H groups in total. The molecule has 2 aliphatic rings. The van der Waals surface area contributed by atoms with Crippen molar-refractivity contribution in [3.63, 3.8) is 0 Å². The van der Waals surface area contributed by atoms with Crippen LogP contribution in [0, 0.1) is 10.8 Å². The number of Topliss-reactive ketones (excluding diaryl/α,β-unsaturated/α-hetero) is 1. The number of carbonyl (C=O) groups excluding carboxylic acids is 2. The van der Waals surface area contributed by atoms with Crippen molar-refractivity contribution in [3.8, 4) is 5.69 Å². The molecule has 7 nitrogen and oxygen atoms in total. The van der Waals surface area contributed by atoms with Crippen molar-refractivity contribution in [2.24, 2.45) is 16.6 Å². The molecule has 0 aliphatic heterocycles. The third kappa shape index (κ3) is 6.06. The van der Waals surface area contributed by atoms with Crippen LogP contribution in [0.25, 0.3) is 5.69 Å². The number of fused-ring (bicyclic) bond motifs is 1. The number of ketones is 1. The van der Waals surface area contributed by atoms with E-state index in [9.17, 15) is 22.8 Å². The molecule has 0 radical (unpaired) electrons. The van der Waals surface area contributed by atoms with Crippen LogP contribution in [0.5, 0.6) is 0 Å². The number of amides is 1. The van der Waals surface area contributed by atoms with Gasteiger partial charge in [0.25, 0.3) is 5.91 Å². The quantitative estimate of drug-likeness (QED) is 0.455. The molecule has 38 heavy (non-hydrogen) atoms. The Morgan fingerprint density at radius 2 is 1.79 bits per heavy atom. The molecule has 2 atom stereocenters. The molecule has 1 saturated carbocycles. The highest BCUT2D eigenvalue weighted by molar-refractivity contribution is 6.00. The van der Waals surface area contributed by atoms with Gasteiger partial charge in [-0.05, 0) is 48.3 Å². The van der Waals surface area contributed by atoms with Crippen molar-refractivity contribution in [3.05, 3.63) is 40.7 Å². The van der Waals surface area contributed by atoms with Gasteiger partial charge in [0.1, 0.15) is 0 Å². The number of aromatic nitrogens is 2. The molecule has 2 aromatic rings. The van der Waals surface area contributed by atoms with E-state index in [-0.39, 0.29) is 47.2 Å². The molecule has 1 fully saturated rings. The zero-order chi connectivity index (χ0) is 28.0. The first-order valence-corrected chi connectivity index (χ1v) is 13.2. The normalized spacial score (nSPS) is 21.7. The van der Waals surface area contributed by atoms with E-state index in [1.54, 1.807) is 6.07 Å². The maximum atomic E-state index is 13.9. The molecular formula is C28H38F3N5O2. The maximum absolute atomic E-state index is 13.9. The first kappa shape index (κ1) is 28.1. The number of nitrogens with two attached hydrogens (primary N) is 1. The molecule has 4 rings (SSSR count). The summed E-state index contributed by atoms with van der Waals surface area (Å²) in [5.41, 5.74) is 5.01.